The summed E-state index contributed by atoms with van der Waals surface area (Å²) in [7, 11) is 0. The minimum absolute atomic E-state index is 0.198. The molecule has 0 bridgehead atoms. The van der Waals surface area contributed by atoms with Gasteiger partial charge >= 0.3 is 5.97 Å². The van der Waals surface area contributed by atoms with Gasteiger partial charge in [-0.3, -0.25) is 4.79 Å². The van der Waals surface area contributed by atoms with Crippen LogP contribution in [0.5, 0.6) is 0 Å². The summed E-state index contributed by atoms with van der Waals surface area (Å²) in [5.74, 6) is -0.176. The molecular weight excluding hydrogens is 529 g/mol. The Bertz CT molecular complexity index is 931. The molecule has 0 spiro atoms. The fourth-order valence-corrected chi connectivity index (χ4v) is 6.46. The third kappa shape index (κ3) is 5.75. The van der Waals surface area contributed by atoms with Crippen LogP contribution in [0.3, 0.4) is 0 Å². The second kappa shape index (κ2) is 9.84. The van der Waals surface area contributed by atoms with E-state index in [9.17, 15) is 9.59 Å². The van der Waals surface area contributed by atoms with Crippen LogP contribution in [-0.4, -0.2) is 35.0 Å². The number of ether oxygens (including phenoxy) is 2. The zero-order chi connectivity index (χ0) is 24.7. The number of halogens is 1. The van der Waals surface area contributed by atoms with Gasteiger partial charge in [-0.05, 0) is 111 Å². The lowest BCUT2D eigenvalue weighted by molar-refractivity contribution is -0.167. The third-order valence-corrected chi connectivity index (χ3v) is 8.46. The highest BCUT2D eigenvalue weighted by Crippen LogP contribution is 2.42. The molecule has 0 aromatic heterocycles. The normalized spacial score (nSPS) is 21.5. The zero-order valence-electron chi connectivity index (χ0n) is 21.6. The number of esters is 1. The van der Waals surface area contributed by atoms with Gasteiger partial charge in [-0.1, -0.05) is 20.3 Å². The summed E-state index contributed by atoms with van der Waals surface area (Å²) in [6.07, 6.45) is 4.12. The highest BCUT2D eigenvalue weighted by Gasteiger charge is 2.39. The van der Waals surface area contributed by atoms with Crippen LogP contribution < -0.4 is 0 Å². The molecule has 3 rings (SSSR count). The maximum absolute atomic E-state index is 13.4. The molecule has 33 heavy (non-hydrogen) atoms. The maximum atomic E-state index is 13.4. The molecule has 1 saturated carbocycles. The smallest absolute Gasteiger partial charge is 0.340 e. The van der Waals surface area contributed by atoms with E-state index in [1.54, 1.807) is 0 Å². The van der Waals surface area contributed by atoms with Gasteiger partial charge in [0.25, 0.3) is 0 Å². The molecule has 0 saturated heterocycles. The van der Waals surface area contributed by atoms with Crippen molar-refractivity contribution < 1.29 is 19.1 Å². The molecule has 2 aliphatic rings. The molecule has 0 radical (unpaired) electrons. The predicted molar refractivity (Wildman–Crippen MR) is 139 cm³/mol. The summed E-state index contributed by atoms with van der Waals surface area (Å²) in [4.78, 5) is 28.5. The predicted octanol–water partition coefficient (Wildman–Crippen LogP) is 6.18. The van der Waals surface area contributed by atoms with Crippen LogP contribution in [0.15, 0.2) is 0 Å². The van der Waals surface area contributed by atoms with Crippen molar-refractivity contribution in [2.45, 2.75) is 112 Å². The topological polar surface area (TPSA) is 55.8 Å². The molecule has 1 aliphatic heterocycles. The lowest BCUT2D eigenvalue weighted by atomic mass is 9.74. The van der Waals surface area contributed by atoms with E-state index in [2.05, 4.69) is 48.3 Å². The number of hydrogen-bond donors (Lipinski definition) is 0. The van der Waals surface area contributed by atoms with Crippen LogP contribution in [0.4, 0.5) is 0 Å². The molecule has 184 valence electrons. The third-order valence-electron chi connectivity index (χ3n) is 7.07. The molecule has 1 aromatic carbocycles. The van der Waals surface area contributed by atoms with Gasteiger partial charge in [-0.25, -0.2) is 4.79 Å². The Morgan fingerprint density at radius 1 is 1.21 bits per heavy atom. The fraction of sp³-hybridized carbons (Fsp3) is 0.704. The lowest BCUT2D eigenvalue weighted by Crippen LogP contribution is -2.47. The van der Waals surface area contributed by atoms with Crippen molar-refractivity contribution in [2.24, 2.45) is 5.41 Å². The van der Waals surface area contributed by atoms with E-state index >= 15 is 0 Å². The van der Waals surface area contributed by atoms with Crippen molar-refractivity contribution in [3.63, 3.8) is 0 Å². The van der Waals surface area contributed by atoms with Crippen molar-refractivity contribution in [1.82, 2.24) is 4.90 Å². The van der Waals surface area contributed by atoms with Crippen molar-refractivity contribution in [1.29, 1.82) is 0 Å². The minimum atomic E-state index is -0.812. The summed E-state index contributed by atoms with van der Waals surface area (Å²) < 4.78 is 12.7. The van der Waals surface area contributed by atoms with Crippen LogP contribution in [0, 0.1) is 22.8 Å². The molecule has 1 fully saturated rings. The second-order valence-corrected chi connectivity index (χ2v) is 12.5. The van der Waals surface area contributed by atoms with E-state index in [1.165, 1.54) is 18.4 Å². The monoisotopic (exact) mass is 569 g/mol. The summed E-state index contributed by atoms with van der Waals surface area (Å²) in [5.41, 5.74) is 5.04. The molecule has 1 unspecified atom stereocenters. The largest absolute Gasteiger partial charge is 0.464 e. The Balaban J connectivity index is 2.04. The molecule has 1 amide bonds. The summed E-state index contributed by atoms with van der Waals surface area (Å²) in [6, 6.07) is 0.308. The maximum Gasteiger partial charge on any atom is 0.340 e. The Kier molecular flexibility index (Phi) is 7.89. The number of amides is 1. The SMILES string of the molecule is CCOC(=O)[C@@H](OC(C)(C)C)c1c(C)c2c(c(C)c1I)CN(C1CCCC(C)(C)C1)C(=O)C2. The molecule has 5 nitrogen and oxygen atoms in total. The number of carbonyl (C=O) groups excluding carboxylic acids is 2. The molecule has 0 N–H and O–H groups in total. The summed E-state index contributed by atoms with van der Waals surface area (Å²) in [5, 5.41) is 0. The highest BCUT2D eigenvalue weighted by atomic mass is 127. The van der Waals surface area contributed by atoms with E-state index in [1.807, 2.05) is 34.6 Å². The lowest BCUT2D eigenvalue weighted by Gasteiger charge is -2.44. The number of nitrogens with zero attached hydrogens (tertiary/aromatic N) is 1. The van der Waals surface area contributed by atoms with E-state index < -0.39 is 11.7 Å². The Hall–Kier alpha value is -1.15. The van der Waals surface area contributed by atoms with Gasteiger partial charge in [0.1, 0.15) is 0 Å². The fourth-order valence-electron chi connectivity index (χ4n) is 5.44. The van der Waals surface area contributed by atoms with E-state index in [4.69, 9.17) is 9.47 Å². The number of carbonyl (C=O) groups is 2. The van der Waals surface area contributed by atoms with E-state index in [-0.39, 0.29) is 17.3 Å². The summed E-state index contributed by atoms with van der Waals surface area (Å²) in [6.45, 7) is 17.4. The van der Waals surface area contributed by atoms with Gasteiger partial charge in [0.15, 0.2) is 6.10 Å². The first-order chi connectivity index (χ1) is 15.3. The number of fused-ring (bicyclic) bond motifs is 1. The van der Waals surface area contributed by atoms with Gasteiger partial charge < -0.3 is 14.4 Å². The first-order valence-electron chi connectivity index (χ1n) is 12.2. The van der Waals surface area contributed by atoms with Crippen molar-refractivity contribution in [2.75, 3.05) is 6.61 Å². The molecule has 1 heterocycles. The van der Waals surface area contributed by atoms with E-state index in [0.29, 0.717) is 25.6 Å². The zero-order valence-corrected chi connectivity index (χ0v) is 23.7. The molecule has 1 aromatic rings. The average Bonchev–Trinajstić information content (AvgIpc) is 2.69. The number of benzene rings is 1. The van der Waals surface area contributed by atoms with Gasteiger partial charge in [0, 0.05) is 21.7 Å². The second-order valence-electron chi connectivity index (χ2n) is 11.4. The quantitative estimate of drug-likeness (QED) is 0.314. The average molecular weight is 570 g/mol. The summed E-state index contributed by atoms with van der Waals surface area (Å²) >= 11 is 2.35. The molecule has 6 heteroatoms. The van der Waals surface area contributed by atoms with Crippen LogP contribution >= 0.6 is 22.6 Å². The molecule has 2 atom stereocenters. The Morgan fingerprint density at radius 3 is 2.45 bits per heavy atom. The van der Waals surface area contributed by atoms with Crippen molar-refractivity contribution in [3.05, 3.63) is 31.4 Å². The molecular formula is C27H40INO4. The first kappa shape index (κ1) is 26.5. The standard InChI is InChI=1S/C27H40INO4/c1-9-32-25(31)24(33-26(4,5)6)22-16(2)19-13-21(30)29(15-20(19)17(3)23(22)28)18-11-10-12-27(7,8)14-18/h18,24H,9-15H2,1-8H3/t18?,24-/m0/s1. The van der Waals surface area contributed by atoms with Gasteiger partial charge in [-0.2, -0.15) is 0 Å². The van der Waals surface area contributed by atoms with Crippen molar-refractivity contribution in [3.8, 4) is 0 Å². The molecule has 1 aliphatic carbocycles. The van der Waals surface area contributed by atoms with Gasteiger partial charge in [0.2, 0.25) is 5.91 Å². The van der Waals surface area contributed by atoms with Crippen LogP contribution in [0.25, 0.3) is 0 Å². The first-order valence-corrected chi connectivity index (χ1v) is 13.3. The van der Waals surface area contributed by atoms with Crippen LogP contribution in [0.2, 0.25) is 0 Å². The van der Waals surface area contributed by atoms with Crippen LogP contribution in [-0.2, 0) is 32.0 Å². The highest BCUT2D eigenvalue weighted by molar-refractivity contribution is 14.1. The van der Waals surface area contributed by atoms with Crippen LogP contribution in [0.1, 0.15) is 101 Å². The minimum Gasteiger partial charge on any atom is -0.464 e. The van der Waals surface area contributed by atoms with Gasteiger partial charge in [0.05, 0.1) is 18.6 Å². The van der Waals surface area contributed by atoms with Gasteiger partial charge in [-0.15, -0.1) is 0 Å². The van der Waals surface area contributed by atoms with Crippen molar-refractivity contribution >= 4 is 34.5 Å². The Labute approximate surface area is 213 Å². The Morgan fingerprint density at radius 2 is 1.88 bits per heavy atom. The number of rotatable bonds is 5. The number of hydrogen-bond acceptors (Lipinski definition) is 4. The van der Waals surface area contributed by atoms with E-state index in [0.717, 1.165) is 38.7 Å².